The van der Waals surface area contributed by atoms with E-state index < -0.39 is 5.91 Å². The van der Waals surface area contributed by atoms with Crippen LogP contribution in [0.25, 0.3) is 0 Å². The second-order valence-corrected chi connectivity index (χ2v) is 4.15. The fourth-order valence-electron chi connectivity index (χ4n) is 1.07. The first kappa shape index (κ1) is 19.7. The van der Waals surface area contributed by atoms with E-state index in [4.69, 9.17) is 10.5 Å². The van der Waals surface area contributed by atoms with Crippen LogP contribution in [0, 0.1) is 0 Å². The van der Waals surface area contributed by atoms with Crippen molar-refractivity contribution in [2.24, 2.45) is 5.73 Å². The van der Waals surface area contributed by atoms with Gasteiger partial charge < -0.3 is 10.5 Å². The highest BCUT2D eigenvalue weighted by molar-refractivity contribution is 5.90. The molecule has 0 saturated heterocycles. The second kappa shape index (κ2) is 10.3. The average Bonchev–Trinajstić information content (AvgIpc) is 2.30. The van der Waals surface area contributed by atoms with Crippen LogP contribution >= 0.6 is 0 Å². The maximum absolute atomic E-state index is 11.1. The van der Waals surface area contributed by atoms with Gasteiger partial charge in [0.15, 0.2) is 6.23 Å². The smallest absolute Gasteiger partial charge is 0.334 e. The predicted octanol–water partition coefficient (Wildman–Crippen LogP) is 1.84. The molecule has 1 atom stereocenters. The summed E-state index contributed by atoms with van der Waals surface area (Å²) in [5, 5.41) is 0. The van der Waals surface area contributed by atoms with Gasteiger partial charge in [-0.25, -0.2) is 4.79 Å². The highest BCUT2D eigenvalue weighted by atomic mass is 16.6. The van der Waals surface area contributed by atoms with Crippen LogP contribution in [0.3, 0.4) is 0 Å². The zero-order chi connectivity index (χ0) is 15.6. The Hall–Kier alpha value is -1.62. The third kappa shape index (κ3) is 10.0. The van der Waals surface area contributed by atoms with E-state index in [0.717, 1.165) is 13.1 Å². The highest BCUT2D eigenvalue weighted by Gasteiger charge is 2.14. The maximum atomic E-state index is 11.1. The number of esters is 1. The third-order valence-corrected chi connectivity index (χ3v) is 2.37. The third-order valence-electron chi connectivity index (χ3n) is 2.37. The van der Waals surface area contributed by atoms with Gasteiger partial charge >= 0.3 is 5.97 Å². The number of rotatable bonds is 6. The Morgan fingerprint density at radius 2 is 1.53 bits per heavy atom. The first-order valence-electron chi connectivity index (χ1n) is 6.23. The lowest BCUT2D eigenvalue weighted by atomic mass is 10.3. The second-order valence-electron chi connectivity index (χ2n) is 4.15. The van der Waals surface area contributed by atoms with Gasteiger partial charge in [0.1, 0.15) is 0 Å². The summed E-state index contributed by atoms with van der Waals surface area (Å²) in [6.45, 7) is 17.7. The molecule has 0 aromatic carbocycles. The fraction of sp³-hybridized carbons (Fsp3) is 0.571. The number of carbonyl (C=O) groups is 2. The molecule has 0 aromatic rings. The molecule has 0 fully saturated rings. The molecule has 19 heavy (non-hydrogen) atoms. The molecule has 0 heterocycles. The summed E-state index contributed by atoms with van der Waals surface area (Å²) >= 11 is 0. The van der Waals surface area contributed by atoms with E-state index >= 15 is 0 Å². The van der Waals surface area contributed by atoms with Gasteiger partial charge in [0.05, 0.1) is 0 Å². The lowest BCUT2D eigenvalue weighted by molar-refractivity contribution is -0.152. The summed E-state index contributed by atoms with van der Waals surface area (Å²) in [5.74, 6) is -0.755. The summed E-state index contributed by atoms with van der Waals surface area (Å²) in [5.41, 5.74) is 5.54. The summed E-state index contributed by atoms with van der Waals surface area (Å²) in [7, 11) is 0. The lowest BCUT2D eigenvalue weighted by Crippen LogP contribution is -2.36. The average molecular weight is 270 g/mol. The first-order chi connectivity index (χ1) is 8.67. The van der Waals surface area contributed by atoms with Gasteiger partial charge in [0.25, 0.3) is 0 Å². The highest BCUT2D eigenvalue weighted by Crippen LogP contribution is 2.03. The molecule has 2 N–H and O–H groups in total. The van der Waals surface area contributed by atoms with Gasteiger partial charge in [-0.2, -0.15) is 0 Å². The Kier molecular flexibility index (Phi) is 10.7. The molecule has 1 unspecified atom stereocenters. The van der Waals surface area contributed by atoms with E-state index in [-0.39, 0.29) is 12.2 Å². The van der Waals surface area contributed by atoms with Gasteiger partial charge in [0, 0.05) is 11.1 Å². The molecule has 0 rings (SSSR count). The van der Waals surface area contributed by atoms with Crippen molar-refractivity contribution in [1.29, 1.82) is 0 Å². The molecule has 0 aromatic heterocycles. The molecule has 0 radical (unpaired) electrons. The van der Waals surface area contributed by atoms with Crippen LogP contribution in [-0.2, 0) is 14.3 Å². The molecule has 0 aliphatic carbocycles. The molecule has 110 valence electrons. The zero-order valence-electron chi connectivity index (χ0n) is 12.7. The van der Waals surface area contributed by atoms with Crippen LogP contribution in [0.2, 0.25) is 0 Å². The van der Waals surface area contributed by atoms with Crippen molar-refractivity contribution in [3.8, 4) is 0 Å². The van der Waals surface area contributed by atoms with Crippen LogP contribution in [0.4, 0.5) is 0 Å². The maximum Gasteiger partial charge on any atom is 0.334 e. The Balaban J connectivity index is 0. The molecule has 5 heteroatoms. The molecule has 5 nitrogen and oxygen atoms in total. The van der Waals surface area contributed by atoms with Crippen molar-refractivity contribution in [1.82, 2.24) is 4.90 Å². The van der Waals surface area contributed by atoms with Crippen LogP contribution in [-0.4, -0.2) is 36.1 Å². The summed E-state index contributed by atoms with van der Waals surface area (Å²) in [4.78, 5) is 23.0. The summed E-state index contributed by atoms with van der Waals surface area (Å²) < 4.78 is 5.14. The fourth-order valence-corrected chi connectivity index (χ4v) is 1.07. The minimum Gasteiger partial charge on any atom is -0.443 e. The zero-order valence-corrected chi connectivity index (χ0v) is 12.7. The van der Waals surface area contributed by atoms with Gasteiger partial charge in [-0.3, -0.25) is 9.69 Å². The minimum absolute atomic E-state index is 0.167. The number of ether oxygens (including phenoxy) is 1. The lowest BCUT2D eigenvalue weighted by Gasteiger charge is -2.25. The Morgan fingerprint density at radius 1 is 1.16 bits per heavy atom. The van der Waals surface area contributed by atoms with Crippen molar-refractivity contribution in [3.63, 3.8) is 0 Å². The molecule has 0 bridgehead atoms. The van der Waals surface area contributed by atoms with Crippen LogP contribution in [0.15, 0.2) is 24.3 Å². The predicted molar refractivity (Wildman–Crippen MR) is 77.3 cm³/mol. The van der Waals surface area contributed by atoms with Crippen molar-refractivity contribution >= 4 is 11.9 Å². The van der Waals surface area contributed by atoms with Crippen molar-refractivity contribution in [3.05, 3.63) is 24.3 Å². The van der Waals surface area contributed by atoms with E-state index in [1.807, 2.05) is 20.8 Å². The summed E-state index contributed by atoms with van der Waals surface area (Å²) in [6, 6.07) is 0. The molecule has 0 aliphatic heterocycles. The number of nitrogens with zero attached hydrogens (tertiary/aromatic N) is 1. The van der Waals surface area contributed by atoms with E-state index in [9.17, 15) is 9.59 Å². The molecule has 0 saturated carbocycles. The molecule has 1 amide bonds. The topological polar surface area (TPSA) is 72.6 Å². The normalized spacial score (nSPS) is 11.1. The number of primary amides is 1. The van der Waals surface area contributed by atoms with Crippen molar-refractivity contribution < 1.29 is 14.3 Å². The number of amides is 1. The quantitative estimate of drug-likeness (QED) is 0.454. The van der Waals surface area contributed by atoms with Crippen LogP contribution in [0.5, 0.6) is 0 Å². The van der Waals surface area contributed by atoms with E-state index in [1.54, 1.807) is 13.8 Å². The Morgan fingerprint density at radius 3 is 1.74 bits per heavy atom. The first-order valence-corrected chi connectivity index (χ1v) is 6.23. The molecule has 0 aliphatic rings. The van der Waals surface area contributed by atoms with Crippen LogP contribution in [0.1, 0.15) is 34.6 Å². The van der Waals surface area contributed by atoms with Gasteiger partial charge in [0.2, 0.25) is 5.91 Å². The molecular weight excluding hydrogens is 244 g/mol. The van der Waals surface area contributed by atoms with Crippen molar-refractivity contribution in [2.45, 2.75) is 40.8 Å². The Labute approximate surface area is 116 Å². The molecule has 0 spiro atoms. The van der Waals surface area contributed by atoms with Crippen molar-refractivity contribution in [2.75, 3.05) is 13.1 Å². The number of hydrogen-bond acceptors (Lipinski definition) is 4. The minimum atomic E-state index is -0.435. The summed E-state index contributed by atoms with van der Waals surface area (Å²) in [6.07, 6.45) is -0.167. The van der Waals surface area contributed by atoms with Gasteiger partial charge in [-0.1, -0.05) is 27.0 Å². The molecular formula is C14H26N2O3. The monoisotopic (exact) mass is 270 g/mol. The van der Waals surface area contributed by atoms with Gasteiger partial charge in [-0.15, -0.1) is 0 Å². The van der Waals surface area contributed by atoms with E-state index in [2.05, 4.69) is 18.1 Å². The SMILES string of the molecule is C=C(C)C(=O)OC(C)N(CC)CC.C=C(C)C(N)=O. The standard InChI is InChI=1S/C10H19NO2.C4H7NO/c1-6-11(7-2)9(5)13-10(12)8(3)4;1-3(2)4(5)6/h9H,3,6-7H2,1-2,4-5H3;1H2,2H3,(H2,5,6). The van der Waals surface area contributed by atoms with Crippen LogP contribution < -0.4 is 5.73 Å². The largest absolute Gasteiger partial charge is 0.443 e. The Bertz CT molecular complexity index is 322. The number of nitrogens with two attached hydrogens (primary N) is 1. The number of carbonyl (C=O) groups excluding carboxylic acids is 2. The van der Waals surface area contributed by atoms with E-state index in [0.29, 0.717) is 11.1 Å². The van der Waals surface area contributed by atoms with Gasteiger partial charge in [-0.05, 0) is 33.9 Å². The van der Waals surface area contributed by atoms with E-state index in [1.165, 1.54) is 0 Å². The number of hydrogen-bond donors (Lipinski definition) is 1.